The van der Waals surface area contributed by atoms with Crippen LogP contribution in [-0.2, 0) is 4.79 Å². The van der Waals surface area contributed by atoms with Gasteiger partial charge in [0.1, 0.15) is 0 Å². The molecule has 3 heteroatoms. The second-order valence-electron chi connectivity index (χ2n) is 3.35. The van der Waals surface area contributed by atoms with Crippen molar-refractivity contribution in [2.24, 2.45) is 0 Å². The smallest absolute Gasteiger partial charge is 0.217 e. The van der Waals surface area contributed by atoms with Crippen molar-refractivity contribution in [1.82, 2.24) is 10.3 Å². The van der Waals surface area contributed by atoms with Gasteiger partial charge in [0.05, 0.1) is 6.54 Å². The van der Waals surface area contributed by atoms with Crippen LogP contribution in [0.3, 0.4) is 0 Å². The Balaban J connectivity index is 2.67. The average Bonchev–Trinajstić information content (AvgIpc) is 2.10. The first-order valence-electron chi connectivity index (χ1n) is 4.76. The van der Waals surface area contributed by atoms with E-state index in [1.54, 1.807) is 0 Å². The Bertz CT molecular complexity index is 407. The lowest BCUT2D eigenvalue weighted by Crippen LogP contribution is -2.19. The summed E-state index contributed by atoms with van der Waals surface area (Å²) in [6.45, 7) is 5.73. The molecule has 0 saturated heterocycles. The van der Waals surface area contributed by atoms with E-state index < -0.39 is 0 Å². The SMILES string of the molecule is CC(=O)NCC#Cc1cc(C)nc(C)c1. The first-order valence-corrected chi connectivity index (χ1v) is 4.76. The zero-order valence-corrected chi connectivity index (χ0v) is 9.22. The second-order valence-corrected chi connectivity index (χ2v) is 3.35. The third-order valence-electron chi connectivity index (χ3n) is 1.74. The van der Waals surface area contributed by atoms with Crippen LogP contribution in [0.1, 0.15) is 23.9 Å². The van der Waals surface area contributed by atoms with Crippen molar-refractivity contribution >= 4 is 5.91 Å². The predicted molar refractivity (Wildman–Crippen MR) is 59.3 cm³/mol. The number of aromatic nitrogens is 1. The molecule has 1 rings (SSSR count). The maximum Gasteiger partial charge on any atom is 0.217 e. The summed E-state index contributed by atoms with van der Waals surface area (Å²) < 4.78 is 0. The molecule has 0 spiro atoms. The van der Waals surface area contributed by atoms with Gasteiger partial charge >= 0.3 is 0 Å². The molecule has 1 aromatic heterocycles. The van der Waals surface area contributed by atoms with Crippen molar-refractivity contribution in [3.05, 3.63) is 29.1 Å². The van der Waals surface area contributed by atoms with Gasteiger partial charge in [-0.05, 0) is 26.0 Å². The summed E-state index contributed by atoms with van der Waals surface area (Å²) in [5, 5.41) is 2.62. The molecule has 1 heterocycles. The van der Waals surface area contributed by atoms with Crippen LogP contribution >= 0.6 is 0 Å². The van der Waals surface area contributed by atoms with Crippen LogP contribution in [0.15, 0.2) is 12.1 Å². The van der Waals surface area contributed by atoms with E-state index in [0.29, 0.717) is 6.54 Å². The van der Waals surface area contributed by atoms with Gasteiger partial charge in [0, 0.05) is 23.9 Å². The number of aryl methyl sites for hydroxylation is 2. The Morgan fingerprint density at radius 3 is 2.53 bits per heavy atom. The molecule has 0 unspecified atom stereocenters. The van der Waals surface area contributed by atoms with E-state index in [-0.39, 0.29) is 5.91 Å². The second kappa shape index (κ2) is 5.16. The minimum atomic E-state index is -0.0635. The van der Waals surface area contributed by atoms with Gasteiger partial charge < -0.3 is 5.32 Å². The van der Waals surface area contributed by atoms with E-state index in [2.05, 4.69) is 22.1 Å². The minimum Gasteiger partial charge on any atom is -0.345 e. The van der Waals surface area contributed by atoms with Gasteiger partial charge in [-0.2, -0.15) is 0 Å². The van der Waals surface area contributed by atoms with Crippen molar-refractivity contribution in [2.45, 2.75) is 20.8 Å². The molecule has 0 aliphatic rings. The Morgan fingerprint density at radius 2 is 2.00 bits per heavy atom. The van der Waals surface area contributed by atoms with Gasteiger partial charge in [-0.3, -0.25) is 9.78 Å². The number of hydrogen-bond acceptors (Lipinski definition) is 2. The quantitative estimate of drug-likeness (QED) is 0.695. The van der Waals surface area contributed by atoms with Crippen LogP contribution in [0.2, 0.25) is 0 Å². The van der Waals surface area contributed by atoms with Crippen molar-refractivity contribution in [2.75, 3.05) is 6.54 Å². The first-order chi connectivity index (χ1) is 7.08. The average molecular weight is 202 g/mol. The number of rotatable bonds is 1. The Kier molecular flexibility index (Phi) is 3.87. The summed E-state index contributed by atoms with van der Waals surface area (Å²) in [5.74, 6) is 5.79. The molecule has 15 heavy (non-hydrogen) atoms. The summed E-state index contributed by atoms with van der Waals surface area (Å²) in [5.41, 5.74) is 2.85. The largest absolute Gasteiger partial charge is 0.345 e. The van der Waals surface area contributed by atoms with Crippen molar-refractivity contribution < 1.29 is 4.79 Å². The van der Waals surface area contributed by atoms with Crippen LogP contribution in [0, 0.1) is 25.7 Å². The van der Waals surface area contributed by atoms with E-state index in [0.717, 1.165) is 17.0 Å². The summed E-state index contributed by atoms with van der Waals surface area (Å²) >= 11 is 0. The highest BCUT2D eigenvalue weighted by atomic mass is 16.1. The van der Waals surface area contributed by atoms with E-state index in [1.807, 2.05) is 26.0 Å². The fourth-order valence-corrected chi connectivity index (χ4v) is 1.22. The lowest BCUT2D eigenvalue weighted by atomic mass is 10.2. The van der Waals surface area contributed by atoms with Crippen molar-refractivity contribution in [3.63, 3.8) is 0 Å². The topological polar surface area (TPSA) is 42.0 Å². The zero-order chi connectivity index (χ0) is 11.3. The van der Waals surface area contributed by atoms with Crippen molar-refractivity contribution in [3.8, 4) is 11.8 Å². The molecule has 0 radical (unpaired) electrons. The van der Waals surface area contributed by atoms with Crippen molar-refractivity contribution in [1.29, 1.82) is 0 Å². The molecule has 0 atom stereocenters. The van der Waals surface area contributed by atoms with E-state index in [4.69, 9.17) is 0 Å². The predicted octanol–water partition coefficient (Wildman–Crippen LogP) is 1.19. The molecular formula is C12H14N2O. The van der Waals surface area contributed by atoms with Crippen LogP contribution < -0.4 is 5.32 Å². The van der Waals surface area contributed by atoms with E-state index in [1.165, 1.54) is 6.92 Å². The zero-order valence-electron chi connectivity index (χ0n) is 9.22. The minimum absolute atomic E-state index is 0.0635. The van der Waals surface area contributed by atoms with E-state index in [9.17, 15) is 4.79 Å². The Morgan fingerprint density at radius 1 is 1.40 bits per heavy atom. The fourth-order valence-electron chi connectivity index (χ4n) is 1.22. The molecule has 0 saturated carbocycles. The first kappa shape index (κ1) is 11.3. The monoisotopic (exact) mass is 202 g/mol. The number of nitrogens with zero attached hydrogens (tertiary/aromatic N) is 1. The van der Waals surface area contributed by atoms with Crippen LogP contribution in [0.5, 0.6) is 0 Å². The molecule has 1 aromatic rings. The highest BCUT2D eigenvalue weighted by Crippen LogP contribution is 2.02. The number of carbonyl (C=O) groups is 1. The number of amides is 1. The summed E-state index contributed by atoms with van der Waals surface area (Å²) in [7, 11) is 0. The Hall–Kier alpha value is -1.82. The number of pyridine rings is 1. The van der Waals surface area contributed by atoms with Crippen LogP contribution in [0.25, 0.3) is 0 Å². The maximum atomic E-state index is 10.6. The van der Waals surface area contributed by atoms with Gasteiger partial charge in [-0.15, -0.1) is 0 Å². The Labute approximate surface area is 89.9 Å². The molecule has 0 aliphatic heterocycles. The molecule has 0 fully saturated rings. The standard InChI is InChI=1S/C12H14N2O/c1-9-7-12(8-10(2)14-9)5-4-6-13-11(3)15/h7-8H,6H2,1-3H3,(H,13,15). The molecule has 3 nitrogen and oxygen atoms in total. The molecule has 0 bridgehead atoms. The molecule has 0 aliphatic carbocycles. The lowest BCUT2D eigenvalue weighted by molar-refractivity contribution is -0.118. The summed E-state index contributed by atoms with van der Waals surface area (Å²) in [6, 6.07) is 3.85. The summed E-state index contributed by atoms with van der Waals surface area (Å²) in [6.07, 6.45) is 0. The molecule has 78 valence electrons. The third-order valence-corrected chi connectivity index (χ3v) is 1.74. The third kappa shape index (κ3) is 4.28. The number of hydrogen-bond donors (Lipinski definition) is 1. The van der Waals surface area contributed by atoms with Gasteiger partial charge in [-0.1, -0.05) is 11.8 Å². The van der Waals surface area contributed by atoms with Gasteiger partial charge in [-0.25, -0.2) is 0 Å². The summed E-state index contributed by atoms with van der Waals surface area (Å²) in [4.78, 5) is 14.8. The number of nitrogens with one attached hydrogen (secondary N) is 1. The molecular weight excluding hydrogens is 188 g/mol. The maximum absolute atomic E-state index is 10.6. The molecule has 1 amide bonds. The van der Waals surface area contributed by atoms with Crippen LogP contribution in [-0.4, -0.2) is 17.4 Å². The fraction of sp³-hybridized carbons (Fsp3) is 0.333. The highest BCUT2D eigenvalue weighted by molar-refractivity contribution is 5.73. The molecule has 0 aromatic carbocycles. The van der Waals surface area contributed by atoms with Crippen LogP contribution in [0.4, 0.5) is 0 Å². The normalized spacial score (nSPS) is 9.00. The highest BCUT2D eigenvalue weighted by Gasteiger charge is 1.92. The molecule has 1 N–H and O–H groups in total. The number of carbonyl (C=O) groups excluding carboxylic acids is 1. The van der Waals surface area contributed by atoms with Gasteiger partial charge in [0.15, 0.2) is 0 Å². The van der Waals surface area contributed by atoms with E-state index >= 15 is 0 Å². The van der Waals surface area contributed by atoms with Gasteiger partial charge in [0.25, 0.3) is 0 Å². The lowest BCUT2D eigenvalue weighted by Gasteiger charge is -1.97. The van der Waals surface area contributed by atoms with Gasteiger partial charge in [0.2, 0.25) is 5.91 Å².